The lowest BCUT2D eigenvalue weighted by Crippen LogP contribution is -2.43. The Kier molecular flexibility index (Phi) is 7.50. The summed E-state index contributed by atoms with van der Waals surface area (Å²) in [6.45, 7) is 9.55. The van der Waals surface area contributed by atoms with Gasteiger partial charge in [-0.3, -0.25) is 18.7 Å². The number of carbonyl (C=O) groups excluding carboxylic acids is 1. The number of imidazole rings is 1. The summed E-state index contributed by atoms with van der Waals surface area (Å²) in [4.78, 5) is 46.8. The Balaban J connectivity index is 2.00. The summed E-state index contributed by atoms with van der Waals surface area (Å²) in [5, 5.41) is 0.220. The number of esters is 1. The van der Waals surface area contributed by atoms with E-state index in [1.54, 1.807) is 45.3 Å². The van der Waals surface area contributed by atoms with Crippen molar-refractivity contribution < 1.29 is 13.9 Å². The molecule has 0 atom stereocenters. The molecule has 1 fully saturated rings. The zero-order chi connectivity index (χ0) is 27.1. The molecule has 3 heterocycles. The summed E-state index contributed by atoms with van der Waals surface area (Å²) in [7, 11) is 0. The molecule has 9 nitrogen and oxygen atoms in total. The number of fused-ring (bicyclic) bond motifs is 1. The second kappa shape index (κ2) is 10.3. The minimum absolute atomic E-state index is 0.0637. The van der Waals surface area contributed by atoms with Crippen LogP contribution in [-0.4, -0.2) is 43.3 Å². The van der Waals surface area contributed by atoms with Crippen molar-refractivity contribution >= 4 is 34.7 Å². The number of hydrogen-bond acceptors (Lipinski definition) is 6. The van der Waals surface area contributed by atoms with E-state index < -0.39 is 35.2 Å². The lowest BCUT2D eigenvalue weighted by atomic mass is 10.1. The molecule has 0 saturated carbocycles. The Bertz CT molecular complexity index is 1420. The van der Waals surface area contributed by atoms with E-state index in [2.05, 4.69) is 0 Å². The summed E-state index contributed by atoms with van der Waals surface area (Å²) in [6, 6.07) is 4.05. The number of benzene rings is 1. The van der Waals surface area contributed by atoms with Gasteiger partial charge in [-0.25, -0.2) is 13.8 Å². The summed E-state index contributed by atoms with van der Waals surface area (Å²) in [5.74, 6) is -0.749. The van der Waals surface area contributed by atoms with Gasteiger partial charge in [-0.1, -0.05) is 17.7 Å². The maximum absolute atomic E-state index is 14.9. The van der Waals surface area contributed by atoms with Gasteiger partial charge in [-0.2, -0.15) is 4.98 Å². The third-order valence-corrected chi connectivity index (χ3v) is 6.64. The van der Waals surface area contributed by atoms with Crippen LogP contribution in [0.4, 0.5) is 10.3 Å². The minimum atomic E-state index is -0.785. The molecule has 1 aliphatic heterocycles. The quantitative estimate of drug-likeness (QED) is 0.443. The van der Waals surface area contributed by atoms with Crippen LogP contribution in [0.5, 0.6) is 0 Å². The van der Waals surface area contributed by atoms with Gasteiger partial charge in [0.2, 0.25) is 5.95 Å². The Hall–Kier alpha value is -3.14. The highest BCUT2D eigenvalue weighted by molar-refractivity contribution is 6.31. The molecule has 11 heteroatoms. The zero-order valence-electron chi connectivity index (χ0n) is 21.9. The SMILES string of the molecule is CC(C)n1c(=O)n(CC(=O)OC(C)(C)C)c(=O)c2c1nc(N1CCCCC1)n2Cc1c(F)cccc1Cl. The van der Waals surface area contributed by atoms with Crippen LogP contribution >= 0.6 is 11.6 Å². The van der Waals surface area contributed by atoms with Gasteiger partial charge in [-0.15, -0.1) is 0 Å². The van der Waals surface area contributed by atoms with Crippen LogP contribution in [0, 0.1) is 5.82 Å². The number of carbonyl (C=O) groups is 1. The molecule has 0 spiro atoms. The second-order valence-corrected chi connectivity index (χ2v) is 11.0. The van der Waals surface area contributed by atoms with Crippen molar-refractivity contribution in [3.8, 4) is 0 Å². The Labute approximate surface area is 219 Å². The average Bonchev–Trinajstić information content (AvgIpc) is 3.17. The van der Waals surface area contributed by atoms with E-state index >= 15 is 0 Å². The molecule has 0 radical (unpaired) electrons. The topological polar surface area (TPSA) is 91.4 Å². The molecule has 2 aromatic heterocycles. The number of ether oxygens (including phenoxy) is 1. The van der Waals surface area contributed by atoms with Gasteiger partial charge in [-0.05, 0) is 66.0 Å². The second-order valence-electron chi connectivity index (χ2n) is 10.6. The Morgan fingerprint density at radius 1 is 1.14 bits per heavy atom. The monoisotopic (exact) mass is 533 g/mol. The van der Waals surface area contributed by atoms with Crippen LogP contribution in [-0.2, 0) is 22.6 Å². The van der Waals surface area contributed by atoms with E-state index in [1.807, 2.05) is 4.90 Å². The van der Waals surface area contributed by atoms with Crippen molar-refractivity contribution in [1.82, 2.24) is 18.7 Å². The molecule has 200 valence electrons. The van der Waals surface area contributed by atoms with Gasteiger partial charge in [0.15, 0.2) is 11.2 Å². The first-order valence-corrected chi connectivity index (χ1v) is 12.9. The lowest BCUT2D eigenvalue weighted by molar-refractivity contribution is -0.155. The van der Waals surface area contributed by atoms with E-state index in [4.69, 9.17) is 21.3 Å². The van der Waals surface area contributed by atoms with Gasteiger partial charge in [0.25, 0.3) is 5.56 Å². The molecule has 1 aliphatic rings. The van der Waals surface area contributed by atoms with Crippen molar-refractivity contribution in [2.45, 2.75) is 78.6 Å². The highest BCUT2D eigenvalue weighted by Crippen LogP contribution is 2.28. The van der Waals surface area contributed by atoms with Crippen LogP contribution in [0.3, 0.4) is 0 Å². The average molecular weight is 534 g/mol. The summed E-state index contributed by atoms with van der Waals surface area (Å²) in [6.07, 6.45) is 2.97. The van der Waals surface area contributed by atoms with Crippen LogP contribution in [0.1, 0.15) is 65.5 Å². The third kappa shape index (κ3) is 5.44. The van der Waals surface area contributed by atoms with E-state index in [-0.39, 0.29) is 34.3 Å². The number of rotatable bonds is 6. The van der Waals surface area contributed by atoms with Gasteiger partial charge in [0.05, 0.1) is 6.54 Å². The predicted molar refractivity (Wildman–Crippen MR) is 141 cm³/mol. The van der Waals surface area contributed by atoms with Crippen LogP contribution < -0.4 is 16.1 Å². The maximum Gasteiger partial charge on any atom is 0.333 e. The first kappa shape index (κ1) is 26.9. The predicted octanol–water partition coefficient (Wildman–Crippen LogP) is 4.11. The highest BCUT2D eigenvalue weighted by Gasteiger charge is 2.28. The van der Waals surface area contributed by atoms with E-state index in [0.29, 0.717) is 19.0 Å². The minimum Gasteiger partial charge on any atom is -0.459 e. The number of nitrogens with zero attached hydrogens (tertiary/aromatic N) is 5. The van der Waals surface area contributed by atoms with Gasteiger partial charge >= 0.3 is 11.7 Å². The lowest BCUT2D eigenvalue weighted by Gasteiger charge is -2.28. The molecule has 0 unspecified atom stereocenters. The first-order valence-electron chi connectivity index (χ1n) is 12.5. The molecule has 37 heavy (non-hydrogen) atoms. The van der Waals surface area contributed by atoms with E-state index in [1.165, 1.54) is 16.7 Å². The van der Waals surface area contributed by atoms with Crippen LogP contribution in [0.25, 0.3) is 11.2 Å². The van der Waals surface area contributed by atoms with Gasteiger partial charge in [0, 0.05) is 29.7 Å². The number of aromatic nitrogens is 4. The third-order valence-electron chi connectivity index (χ3n) is 6.28. The Morgan fingerprint density at radius 2 is 1.81 bits per heavy atom. The Morgan fingerprint density at radius 3 is 2.41 bits per heavy atom. The number of piperidine rings is 1. The molecule has 0 aliphatic carbocycles. The molecule has 0 bridgehead atoms. The van der Waals surface area contributed by atoms with E-state index in [0.717, 1.165) is 23.8 Å². The normalized spacial score (nSPS) is 14.5. The standard InChI is InChI=1S/C26H33ClFN5O4/c1-16(2)33-22-21(23(35)32(25(33)36)15-20(34)37-26(3,4)5)31(14-17-18(27)10-9-11-19(17)28)24(29-22)30-12-7-6-8-13-30/h9-11,16H,6-8,12-15H2,1-5H3. The van der Waals surface area contributed by atoms with E-state index in [9.17, 15) is 18.8 Å². The van der Waals surface area contributed by atoms with Gasteiger partial charge < -0.3 is 9.64 Å². The molecule has 4 rings (SSSR count). The van der Waals surface area contributed by atoms with Crippen molar-refractivity contribution in [2.24, 2.45) is 0 Å². The van der Waals surface area contributed by atoms with Gasteiger partial charge in [0.1, 0.15) is 18.0 Å². The summed E-state index contributed by atoms with van der Waals surface area (Å²) in [5.41, 5.74) is -1.62. The molecular weight excluding hydrogens is 501 g/mol. The number of hydrogen-bond donors (Lipinski definition) is 0. The molecule has 3 aromatic rings. The van der Waals surface area contributed by atoms with Crippen molar-refractivity contribution in [2.75, 3.05) is 18.0 Å². The molecule has 0 N–H and O–H groups in total. The molecule has 1 aromatic carbocycles. The molecule has 1 saturated heterocycles. The first-order chi connectivity index (χ1) is 17.4. The summed E-state index contributed by atoms with van der Waals surface area (Å²) >= 11 is 6.36. The highest BCUT2D eigenvalue weighted by atomic mass is 35.5. The fourth-order valence-corrected chi connectivity index (χ4v) is 4.90. The van der Waals surface area contributed by atoms with Crippen LogP contribution in [0.15, 0.2) is 27.8 Å². The summed E-state index contributed by atoms with van der Waals surface area (Å²) < 4.78 is 24.1. The maximum atomic E-state index is 14.9. The number of anilines is 1. The van der Waals surface area contributed by atoms with Crippen molar-refractivity contribution in [1.29, 1.82) is 0 Å². The largest absolute Gasteiger partial charge is 0.459 e. The zero-order valence-corrected chi connectivity index (χ0v) is 22.6. The fourth-order valence-electron chi connectivity index (χ4n) is 4.68. The fraction of sp³-hybridized carbons (Fsp3) is 0.538. The van der Waals surface area contributed by atoms with Crippen molar-refractivity contribution in [3.63, 3.8) is 0 Å². The molecular formula is C26H33ClFN5O4. The van der Waals surface area contributed by atoms with Crippen molar-refractivity contribution in [3.05, 3.63) is 55.4 Å². The molecule has 0 amide bonds. The smallest absolute Gasteiger partial charge is 0.333 e. The number of halogens is 2. The van der Waals surface area contributed by atoms with Crippen LogP contribution in [0.2, 0.25) is 5.02 Å².